The third-order valence-corrected chi connectivity index (χ3v) is 5.30. The van der Waals surface area contributed by atoms with Crippen molar-refractivity contribution in [1.29, 1.82) is 0 Å². The van der Waals surface area contributed by atoms with Gasteiger partial charge in [-0.15, -0.1) is 0 Å². The summed E-state index contributed by atoms with van der Waals surface area (Å²) in [5, 5.41) is 21.0. The van der Waals surface area contributed by atoms with E-state index in [9.17, 15) is 22.8 Å². The van der Waals surface area contributed by atoms with E-state index in [2.05, 4.69) is 20.8 Å². The number of hydrogen-bond donors (Lipinski definition) is 4. The van der Waals surface area contributed by atoms with E-state index in [0.717, 1.165) is 36.8 Å². The highest BCUT2D eigenvalue weighted by atomic mass is 19.4. The van der Waals surface area contributed by atoms with Crippen molar-refractivity contribution in [2.75, 3.05) is 19.6 Å². The number of carboxylic acid groups (broad SMARTS) is 1. The maximum Gasteiger partial charge on any atom is 0.490 e. The number of carbonyl (C=O) groups is 3. The number of ether oxygens (including phenoxy) is 1. The summed E-state index contributed by atoms with van der Waals surface area (Å²) in [4.78, 5) is 33.5. The van der Waals surface area contributed by atoms with E-state index >= 15 is 0 Å². The zero-order chi connectivity index (χ0) is 22.6. The van der Waals surface area contributed by atoms with Crippen LogP contribution in [0, 0.1) is 5.41 Å². The average molecular weight is 442 g/mol. The second kappa shape index (κ2) is 8.92. The van der Waals surface area contributed by atoms with Crippen LogP contribution in [0.2, 0.25) is 0 Å². The highest BCUT2D eigenvalue weighted by Crippen LogP contribution is 2.41. The largest absolute Gasteiger partial charge is 0.490 e. The monoisotopic (exact) mass is 442 g/mol. The first-order valence-corrected chi connectivity index (χ1v) is 9.56. The smallest absolute Gasteiger partial charge is 0.475 e. The molecule has 2 aliphatic heterocycles. The van der Waals surface area contributed by atoms with Gasteiger partial charge < -0.3 is 20.5 Å². The Labute approximate surface area is 174 Å². The predicted molar refractivity (Wildman–Crippen MR) is 101 cm³/mol. The molecule has 0 radical (unpaired) electrons. The first-order chi connectivity index (χ1) is 14.6. The number of amides is 1. The lowest BCUT2D eigenvalue weighted by Crippen LogP contribution is -2.39. The van der Waals surface area contributed by atoms with Gasteiger partial charge in [0.25, 0.3) is 5.91 Å². The van der Waals surface area contributed by atoms with Crippen LogP contribution in [-0.2, 0) is 14.3 Å². The molecule has 1 amide bonds. The molecular weight excluding hydrogens is 421 g/mol. The molecule has 9 nitrogen and oxygen atoms in total. The first-order valence-electron chi connectivity index (χ1n) is 9.56. The van der Waals surface area contributed by atoms with Gasteiger partial charge in [0, 0.05) is 11.8 Å². The first kappa shape index (κ1) is 22.5. The molecular formula is C19H21F3N4O5. The fourth-order valence-corrected chi connectivity index (χ4v) is 3.69. The number of nitrogens with one attached hydrogen (secondary N) is 3. The molecule has 0 aliphatic carbocycles. The number of fused-ring (bicyclic) bond motifs is 1. The van der Waals surface area contributed by atoms with E-state index in [1.807, 2.05) is 24.3 Å². The Morgan fingerprint density at radius 2 is 1.90 bits per heavy atom. The summed E-state index contributed by atoms with van der Waals surface area (Å²) in [5.41, 5.74) is 0.828. The maximum absolute atomic E-state index is 12.4. The molecule has 3 heterocycles. The van der Waals surface area contributed by atoms with Gasteiger partial charge in [0.05, 0.1) is 17.5 Å². The van der Waals surface area contributed by atoms with Crippen LogP contribution in [0.5, 0.6) is 0 Å². The van der Waals surface area contributed by atoms with E-state index in [1.165, 1.54) is 0 Å². The van der Waals surface area contributed by atoms with Crippen molar-refractivity contribution in [3.05, 3.63) is 30.0 Å². The minimum atomic E-state index is -5.08. The van der Waals surface area contributed by atoms with Crippen molar-refractivity contribution in [2.24, 2.45) is 5.41 Å². The molecule has 1 atom stereocenters. The fraction of sp³-hybridized carbons (Fsp3) is 0.474. The number of halogens is 3. The molecule has 2 aliphatic rings. The van der Waals surface area contributed by atoms with Gasteiger partial charge in [-0.2, -0.15) is 18.3 Å². The molecule has 0 bridgehead atoms. The van der Waals surface area contributed by atoms with Gasteiger partial charge >= 0.3 is 18.1 Å². The van der Waals surface area contributed by atoms with Crippen molar-refractivity contribution >= 4 is 28.7 Å². The lowest BCUT2D eigenvalue weighted by Gasteiger charge is -2.29. The molecule has 31 heavy (non-hydrogen) atoms. The average Bonchev–Trinajstić information content (AvgIpc) is 3.28. The van der Waals surface area contributed by atoms with Crippen LogP contribution in [-0.4, -0.2) is 65.1 Å². The summed E-state index contributed by atoms with van der Waals surface area (Å²) in [6.45, 7) is 2.00. The van der Waals surface area contributed by atoms with Gasteiger partial charge in [-0.25, -0.2) is 4.79 Å². The second-order valence-electron chi connectivity index (χ2n) is 7.39. The molecule has 1 spiro atoms. The van der Waals surface area contributed by atoms with Gasteiger partial charge in [-0.1, -0.05) is 18.2 Å². The Hall–Kier alpha value is -3.15. The van der Waals surface area contributed by atoms with Crippen molar-refractivity contribution in [3.8, 4) is 0 Å². The molecule has 2 aromatic rings. The highest BCUT2D eigenvalue weighted by Gasteiger charge is 2.49. The molecule has 1 unspecified atom stereocenters. The molecule has 0 saturated carbocycles. The van der Waals surface area contributed by atoms with Crippen LogP contribution >= 0.6 is 0 Å². The third kappa shape index (κ3) is 5.13. The number of aromatic nitrogens is 2. The predicted octanol–water partition coefficient (Wildman–Crippen LogP) is 1.61. The van der Waals surface area contributed by atoms with Crippen LogP contribution in [0.1, 0.15) is 29.8 Å². The minimum absolute atomic E-state index is 0.117. The Bertz CT molecular complexity index is 969. The van der Waals surface area contributed by atoms with Gasteiger partial charge in [-0.3, -0.25) is 14.7 Å². The number of carbonyl (C=O) groups excluding carboxylic acids is 2. The van der Waals surface area contributed by atoms with E-state index in [0.29, 0.717) is 18.7 Å². The molecule has 1 aromatic carbocycles. The summed E-state index contributed by atoms with van der Waals surface area (Å²) in [6, 6.07) is 7.49. The Balaban J connectivity index is 0.000000339. The number of nitrogens with zero attached hydrogens (tertiary/aromatic N) is 1. The summed E-state index contributed by atoms with van der Waals surface area (Å²) >= 11 is 0. The van der Waals surface area contributed by atoms with Gasteiger partial charge in [-0.05, 0) is 32.0 Å². The number of hydrogen-bond acceptors (Lipinski definition) is 6. The number of alkyl halides is 3. The number of cyclic esters (lactones) is 1. The highest BCUT2D eigenvalue weighted by molar-refractivity contribution is 6.04. The van der Waals surface area contributed by atoms with Crippen molar-refractivity contribution < 1.29 is 37.4 Å². The van der Waals surface area contributed by atoms with Crippen molar-refractivity contribution in [2.45, 2.75) is 31.5 Å². The standard InChI is InChI=1S/C17H20N4O3.C2HF3O2/c22-15(14-12-3-1-2-4-13(12)20-21-14)19-10-11-9-17(16(23)24-11)5-7-18-8-6-17;3-2(4,5)1(6)7/h1-4,11,18H,5-10H2,(H,19,22)(H,20,21);(H,6,7). The quantitative estimate of drug-likeness (QED) is 0.531. The fourth-order valence-electron chi connectivity index (χ4n) is 3.69. The molecule has 4 N–H and O–H groups in total. The number of H-pyrrole nitrogens is 1. The van der Waals surface area contributed by atoms with Crippen molar-refractivity contribution in [1.82, 2.24) is 20.8 Å². The molecule has 12 heteroatoms. The molecule has 2 fully saturated rings. The topological polar surface area (TPSA) is 133 Å². The van der Waals surface area contributed by atoms with Crippen LogP contribution in [0.3, 0.4) is 0 Å². The van der Waals surface area contributed by atoms with Crippen LogP contribution in [0.25, 0.3) is 10.9 Å². The second-order valence-corrected chi connectivity index (χ2v) is 7.39. The van der Waals surface area contributed by atoms with Gasteiger partial charge in [0.15, 0.2) is 5.69 Å². The van der Waals surface area contributed by atoms with Crippen molar-refractivity contribution in [3.63, 3.8) is 0 Å². The number of benzene rings is 1. The van der Waals surface area contributed by atoms with Gasteiger partial charge in [0.2, 0.25) is 0 Å². The van der Waals surface area contributed by atoms with Gasteiger partial charge in [0.1, 0.15) is 6.10 Å². The van der Waals surface area contributed by atoms with E-state index < -0.39 is 12.1 Å². The molecule has 2 saturated heterocycles. The van der Waals surface area contributed by atoms with E-state index in [4.69, 9.17) is 14.6 Å². The third-order valence-electron chi connectivity index (χ3n) is 5.30. The van der Waals surface area contributed by atoms with Crippen LogP contribution in [0.4, 0.5) is 13.2 Å². The summed E-state index contributed by atoms with van der Waals surface area (Å²) < 4.78 is 37.2. The number of aromatic amines is 1. The number of aliphatic carboxylic acids is 1. The number of para-hydroxylation sites is 1. The molecule has 4 rings (SSSR count). The SMILES string of the molecule is O=C(NCC1CC2(CCNCC2)C(=O)O1)c1n[nH]c2ccccc12.O=C(O)C(F)(F)F. The lowest BCUT2D eigenvalue weighted by atomic mass is 9.76. The molecule has 1 aromatic heterocycles. The van der Waals surface area contributed by atoms with E-state index in [1.54, 1.807) is 0 Å². The zero-order valence-corrected chi connectivity index (χ0v) is 16.3. The number of esters is 1. The summed E-state index contributed by atoms with van der Waals surface area (Å²) in [5.74, 6) is -3.13. The Morgan fingerprint density at radius 3 is 2.55 bits per heavy atom. The number of piperidine rings is 1. The Kier molecular flexibility index (Phi) is 6.48. The normalized spacial score (nSPS) is 20.1. The zero-order valence-electron chi connectivity index (χ0n) is 16.3. The number of rotatable bonds is 3. The summed E-state index contributed by atoms with van der Waals surface area (Å²) in [7, 11) is 0. The lowest BCUT2D eigenvalue weighted by molar-refractivity contribution is -0.192. The Morgan fingerprint density at radius 1 is 1.26 bits per heavy atom. The number of carboxylic acids is 1. The minimum Gasteiger partial charge on any atom is -0.475 e. The van der Waals surface area contributed by atoms with Crippen LogP contribution in [0.15, 0.2) is 24.3 Å². The molecule has 168 valence electrons. The van der Waals surface area contributed by atoms with E-state index in [-0.39, 0.29) is 23.4 Å². The van der Waals surface area contributed by atoms with Crippen LogP contribution < -0.4 is 10.6 Å². The maximum atomic E-state index is 12.4. The summed E-state index contributed by atoms with van der Waals surface area (Å²) in [6.07, 6.45) is -3.06.